The number of urea groups is 1. The second kappa shape index (κ2) is 12.9. The van der Waals surface area contributed by atoms with Crippen LogP contribution in [0.3, 0.4) is 0 Å². The van der Waals surface area contributed by atoms with Gasteiger partial charge < -0.3 is 35.2 Å². The number of aromatic carboxylic acids is 2. The lowest BCUT2D eigenvalue weighted by atomic mass is 10.1. The van der Waals surface area contributed by atoms with Crippen molar-refractivity contribution in [3.05, 3.63) is 82.9 Å². The quantitative estimate of drug-likeness (QED) is 0.279. The van der Waals surface area contributed by atoms with E-state index in [0.717, 1.165) is 12.0 Å². The fraction of sp³-hybridized carbons (Fsp3) is 0.267. The van der Waals surface area contributed by atoms with E-state index in [-0.39, 0.29) is 41.9 Å². The molecule has 1 fully saturated rings. The Morgan fingerprint density at radius 1 is 0.927 bits per heavy atom. The Kier molecular flexibility index (Phi) is 9.08. The first-order valence-electron chi connectivity index (χ1n) is 13.0. The molecule has 11 nitrogen and oxygen atoms in total. The summed E-state index contributed by atoms with van der Waals surface area (Å²) in [5.74, 6) is -2.19. The molecule has 0 spiro atoms. The highest BCUT2D eigenvalue weighted by Crippen LogP contribution is 2.28. The maximum absolute atomic E-state index is 13.2. The van der Waals surface area contributed by atoms with Gasteiger partial charge in [0.05, 0.1) is 36.4 Å². The van der Waals surface area contributed by atoms with Crippen LogP contribution in [0.4, 0.5) is 16.2 Å². The first-order valence-corrected chi connectivity index (χ1v) is 13.0. The Bertz CT molecular complexity index is 1470. The van der Waals surface area contributed by atoms with Gasteiger partial charge in [0.1, 0.15) is 18.1 Å². The minimum atomic E-state index is -1.37. The van der Waals surface area contributed by atoms with Gasteiger partial charge in [-0.3, -0.25) is 4.79 Å². The van der Waals surface area contributed by atoms with Crippen LogP contribution in [-0.2, 0) is 11.2 Å². The largest absolute Gasteiger partial charge is 0.495 e. The number of rotatable bonds is 10. The SMILES string of the molecule is COc1cc(CC(=O)N2CCC[C@H]2COc2ccc(C(=O)O)c(C(=O)O)c2)ccc1NC(=O)Nc1ccccc1C. The Hall–Kier alpha value is -5.06. The van der Waals surface area contributed by atoms with E-state index >= 15 is 0 Å². The Morgan fingerprint density at radius 3 is 2.37 bits per heavy atom. The van der Waals surface area contributed by atoms with E-state index in [9.17, 15) is 29.4 Å². The summed E-state index contributed by atoms with van der Waals surface area (Å²) in [4.78, 5) is 50.2. The molecule has 1 aliphatic heterocycles. The Labute approximate surface area is 236 Å². The molecule has 11 heteroatoms. The van der Waals surface area contributed by atoms with Crippen LogP contribution >= 0.6 is 0 Å². The number of carboxylic acids is 2. The van der Waals surface area contributed by atoms with Gasteiger partial charge in [-0.15, -0.1) is 0 Å². The topological polar surface area (TPSA) is 154 Å². The van der Waals surface area contributed by atoms with E-state index in [1.165, 1.54) is 25.3 Å². The van der Waals surface area contributed by atoms with Gasteiger partial charge in [0, 0.05) is 12.2 Å². The molecule has 1 atom stereocenters. The minimum absolute atomic E-state index is 0.108. The van der Waals surface area contributed by atoms with Crippen molar-refractivity contribution in [1.29, 1.82) is 0 Å². The van der Waals surface area contributed by atoms with Crippen LogP contribution in [0.15, 0.2) is 60.7 Å². The van der Waals surface area contributed by atoms with Crippen molar-refractivity contribution >= 4 is 35.3 Å². The number of carbonyl (C=O) groups excluding carboxylic acids is 2. The minimum Gasteiger partial charge on any atom is -0.495 e. The molecule has 3 amide bonds. The average Bonchev–Trinajstić information content (AvgIpc) is 3.42. The van der Waals surface area contributed by atoms with Crippen LogP contribution in [0.2, 0.25) is 0 Å². The molecule has 214 valence electrons. The van der Waals surface area contributed by atoms with E-state index < -0.39 is 18.0 Å². The normalized spacial score (nSPS) is 14.3. The van der Waals surface area contributed by atoms with E-state index in [0.29, 0.717) is 35.7 Å². The summed E-state index contributed by atoms with van der Waals surface area (Å²) in [6, 6.07) is 15.7. The number of carboxylic acid groups (broad SMARTS) is 2. The lowest BCUT2D eigenvalue weighted by molar-refractivity contribution is -0.131. The summed E-state index contributed by atoms with van der Waals surface area (Å²) >= 11 is 0. The van der Waals surface area contributed by atoms with Crippen molar-refractivity contribution in [2.75, 3.05) is 30.9 Å². The number of para-hydroxylation sites is 1. The summed E-state index contributed by atoms with van der Waals surface area (Å²) < 4.78 is 11.2. The number of aryl methyl sites for hydroxylation is 1. The third-order valence-electron chi connectivity index (χ3n) is 6.85. The van der Waals surface area contributed by atoms with Gasteiger partial charge in [0.25, 0.3) is 0 Å². The van der Waals surface area contributed by atoms with E-state index in [4.69, 9.17) is 9.47 Å². The Morgan fingerprint density at radius 2 is 1.66 bits per heavy atom. The molecule has 0 aromatic heterocycles. The molecule has 3 aromatic rings. The predicted octanol–water partition coefficient (Wildman–Crippen LogP) is 4.66. The number of benzene rings is 3. The second-order valence-electron chi connectivity index (χ2n) is 9.62. The first kappa shape index (κ1) is 28.9. The number of hydrogen-bond acceptors (Lipinski definition) is 6. The summed E-state index contributed by atoms with van der Waals surface area (Å²) in [5.41, 5.74) is 2.08. The van der Waals surface area contributed by atoms with Crippen LogP contribution in [0, 0.1) is 6.92 Å². The van der Waals surface area contributed by atoms with Crippen molar-refractivity contribution in [2.24, 2.45) is 0 Å². The third-order valence-corrected chi connectivity index (χ3v) is 6.85. The van der Waals surface area contributed by atoms with E-state index in [2.05, 4.69) is 10.6 Å². The van der Waals surface area contributed by atoms with E-state index in [1.807, 2.05) is 25.1 Å². The van der Waals surface area contributed by atoms with Crippen LogP contribution in [-0.4, -0.2) is 65.3 Å². The molecule has 0 unspecified atom stereocenters. The van der Waals surface area contributed by atoms with Gasteiger partial charge in [-0.2, -0.15) is 0 Å². The molecule has 0 bridgehead atoms. The zero-order valence-electron chi connectivity index (χ0n) is 22.7. The summed E-state index contributed by atoms with van der Waals surface area (Å²) in [7, 11) is 1.48. The molecular formula is C30H31N3O8. The van der Waals surface area contributed by atoms with Crippen LogP contribution in [0.25, 0.3) is 0 Å². The molecule has 1 heterocycles. The highest BCUT2D eigenvalue weighted by molar-refractivity contribution is 6.02. The van der Waals surface area contributed by atoms with Crippen molar-refractivity contribution in [1.82, 2.24) is 4.90 Å². The molecular weight excluding hydrogens is 530 g/mol. The number of carbonyl (C=O) groups is 4. The molecule has 4 rings (SSSR count). The lowest BCUT2D eigenvalue weighted by Gasteiger charge is -2.25. The second-order valence-corrected chi connectivity index (χ2v) is 9.62. The lowest BCUT2D eigenvalue weighted by Crippen LogP contribution is -2.39. The van der Waals surface area contributed by atoms with E-state index in [1.54, 1.807) is 29.2 Å². The number of nitrogens with zero attached hydrogens (tertiary/aromatic N) is 1. The van der Waals surface area contributed by atoms with Crippen LogP contribution < -0.4 is 20.1 Å². The Balaban J connectivity index is 1.37. The van der Waals surface area contributed by atoms with Crippen molar-refractivity contribution in [3.8, 4) is 11.5 Å². The molecule has 1 aliphatic rings. The molecule has 1 saturated heterocycles. The average molecular weight is 562 g/mol. The number of anilines is 2. The summed E-state index contributed by atoms with van der Waals surface area (Å²) in [6.45, 7) is 2.59. The van der Waals surface area contributed by atoms with Crippen LogP contribution in [0.1, 0.15) is 44.7 Å². The number of amides is 3. The maximum atomic E-state index is 13.2. The highest BCUT2D eigenvalue weighted by atomic mass is 16.5. The fourth-order valence-electron chi connectivity index (χ4n) is 4.72. The zero-order chi connectivity index (χ0) is 29.5. The van der Waals surface area contributed by atoms with Crippen molar-refractivity contribution < 1.29 is 38.9 Å². The summed E-state index contributed by atoms with van der Waals surface area (Å²) in [5, 5.41) is 24.1. The molecule has 4 N–H and O–H groups in total. The zero-order valence-corrected chi connectivity index (χ0v) is 22.7. The van der Waals surface area contributed by atoms with Gasteiger partial charge in [-0.25, -0.2) is 14.4 Å². The van der Waals surface area contributed by atoms with Gasteiger partial charge >= 0.3 is 18.0 Å². The number of likely N-dealkylation sites (tertiary alicyclic amines) is 1. The maximum Gasteiger partial charge on any atom is 0.336 e. The number of ether oxygens (including phenoxy) is 2. The highest BCUT2D eigenvalue weighted by Gasteiger charge is 2.29. The van der Waals surface area contributed by atoms with Gasteiger partial charge in [-0.05, 0) is 67.3 Å². The standard InChI is InChI=1S/C30H31N3O8/c1-18-6-3-4-8-24(18)31-30(39)32-25-12-9-19(14-26(25)40-2)15-27(34)33-13-5-7-20(33)17-41-21-10-11-22(28(35)36)23(16-21)29(37)38/h3-4,6,8-12,14,16,20H,5,7,13,15,17H2,1-2H3,(H,35,36)(H,37,38)(H2,31,32,39)/t20-/m0/s1. The van der Waals surface area contributed by atoms with Gasteiger partial charge in [-0.1, -0.05) is 24.3 Å². The van der Waals surface area contributed by atoms with Crippen LogP contribution in [0.5, 0.6) is 11.5 Å². The van der Waals surface area contributed by atoms with Crippen molar-refractivity contribution in [2.45, 2.75) is 32.2 Å². The predicted molar refractivity (Wildman–Crippen MR) is 151 cm³/mol. The van der Waals surface area contributed by atoms with Crippen molar-refractivity contribution in [3.63, 3.8) is 0 Å². The molecule has 0 saturated carbocycles. The smallest absolute Gasteiger partial charge is 0.336 e. The number of nitrogens with one attached hydrogen (secondary N) is 2. The fourth-order valence-corrected chi connectivity index (χ4v) is 4.72. The molecule has 0 radical (unpaired) electrons. The molecule has 0 aliphatic carbocycles. The number of methoxy groups -OCH3 is 1. The van der Waals surface area contributed by atoms with Gasteiger partial charge in [0.2, 0.25) is 5.91 Å². The first-order chi connectivity index (χ1) is 19.7. The third kappa shape index (κ3) is 7.13. The molecule has 41 heavy (non-hydrogen) atoms. The number of hydrogen-bond donors (Lipinski definition) is 4. The summed E-state index contributed by atoms with van der Waals surface area (Å²) in [6.07, 6.45) is 1.62. The molecule has 3 aromatic carbocycles. The monoisotopic (exact) mass is 561 g/mol. The van der Waals surface area contributed by atoms with Gasteiger partial charge in [0.15, 0.2) is 0 Å².